The van der Waals surface area contributed by atoms with Crippen molar-refractivity contribution in [3.63, 3.8) is 0 Å². The Morgan fingerprint density at radius 1 is 1.13 bits per heavy atom. The molecule has 1 unspecified atom stereocenters. The van der Waals surface area contributed by atoms with Crippen molar-refractivity contribution in [1.29, 1.82) is 0 Å². The fourth-order valence-electron chi connectivity index (χ4n) is 4.17. The van der Waals surface area contributed by atoms with Gasteiger partial charge in [-0.15, -0.1) is 0 Å². The Hall–Kier alpha value is -3.87. The predicted molar refractivity (Wildman–Crippen MR) is 120 cm³/mol. The van der Waals surface area contributed by atoms with Crippen molar-refractivity contribution in [2.75, 3.05) is 16.8 Å². The number of H-pyrrole nitrogens is 1. The molecule has 7 heteroatoms. The van der Waals surface area contributed by atoms with Gasteiger partial charge in [0.15, 0.2) is 0 Å². The molecular weight excluding hydrogens is 393 g/mol. The number of hydrogen-bond acceptors (Lipinski definition) is 3. The molecule has 3 N–H and O–H groups in total. The van der Waals surface area contributed by atoms with E-state index >= 15 is 0 Å². The first-order chi connectivity index (χ1) is 15.2. The summed E-state index contributed by atoms with van der Waals surface area (Å²) in [4.78, 5) is 14.9. The highest BCUT2D eigenvalue weighted by Crippen LogP contribution is 2.29. The summed E-state index contributed by atoms with van der Waals surface area (Å²) in [5.74, 6) is -0.255. The van der Waals surface area contributed by atoms with Gasteiger partial charge in [-0.25, -0.2) is 9.18 Å². The van der Waals surface area contributed by atoms with Crippen LogP contribution in [0.25, 0.3) is 10.9 Å². The average molecular weight is 415 g/mol. The van der Waals surface area contributed by atoms with E-state index in [2.05, 4.69) is 25.7 Å². The van der Waals surface area contributed by atoms with Crippen LogP contribution in [0, 0.1) is 5.82 Å². The molecule has 0 bridgehead atoms. The average Bonchev–Trinajstić information content (AvgIpc) is 3.25. The van der Waals surface area contributed by atoms with Crippen molar-refractivity contribution in [2.45, 2.75) is 19.0 Å². The monoisotopic (exact) mass is 415 g/mol. The van der Waals surface area contributed by atoms with Gasteiger partial charge in [0, 0.05) is 24.2 Å². The number of carbonyl (C=O) groups is 1. The summed E-state index contributed by atoms with van der Waals surface area (Å²) in [5, 5.41) is 13.8. The smallest absolute Gasteiger partial charge is 0.319 e. The van der Waals surface area contributed by atoms with Crippen LogP contribution in [0.5, 0.6) is 0 Å². The van der Waals surface area contributed by atoms with Gasteiger partial charge in [-0.05, 0) is 41.8 Å². The van der Waals surface area contributed by atoms with E-state index in [9.17, 15) is 9.18 Å². The summed E-state index contributed by atoms with van der Waals surface area (Å²) < 4.78 is 13.9. The van der Waals surface area contributed by atoms with Crippen LogP contribution in [-0.4, -0.2) is 28.8 Å². The second-order valence-electron chi connectivity index (χ2n) is 7.78. The molecular formula is C24H22FN5O. The van der Waals surface area contributed by atoms with Gasteiger partial charge in [-0.3, -0.25) is 5.10 Å². The first kappa shape index (κ1) is 19.1. The number of benzene rings is 3. The van der Waals surface area contributed by atoms with Crippen molar-refractivity contribution in [3.8, 4) is 0 Å². The Labute approximate surface area is 179 Å². The van der Waals surface area contributed by atoms with Crippen LogP contribution in [0.3, 0.4) is 0 Å². The minimum atomic E-state index is -0.274. The molecule has 1 aliphatic heterocycles. The first-order valence-electron chi connectivity index (χ1n) is 10.2. The molecule has 1 aromatic heterocycles. The van der Waals surface area contributed by atoms with Crippen LogP contribution in [0.2, 0.25) is 0 Å². The summed E-state index contributed by atoms with van der Waals surface area (Å²) in [5.41, 5.74) is 4.59. The zero-order valence-corrected chi connectivity index (χ0v) is 16.8. The topological polar surface area (TPSA) is 73.0 Å². The van der Waals surface area contributed by atoms with Gasteiger partial charge in [-0.2, -0.15) is 5.10 Å². The van der Waals surface area contributed by atoms with E-state index in [4.69, 9.17) is 0 Å². The summed E-state index contributed by atoms with van der Waals surface area (Å²) >= 11 is 0. The standard InChI is InChI=1S/C24H22FN5O/c25-18-10-9-17-11-19(15-30(23(17)12-18)14-16-5-2-1-3-6-16)27-24(31)28-21-7-4-8-22-20(21)13-26-29-22/h1-10,12-13,19H,11,14-15H2,(H,26,29)(H2,27,28,31). The van der Waals surface area contributed by atoms with E-state index in [1.54, 1.807) is 18.3 Å². The van der Waals surface area contributed by atoms with Gasteiger partial charge in [0.2, 0.25) is 0 Å². The van der Waals surface area contributed by atoms with E-state index in [-0.39, 0.29) is 17.9 Å². The molecule has 1 atom stereocenters. The SMILES string of the molecule is O=C(Nc1cccc2[nH]ncc12)NC1Cc2ccc(F)cc2N(Cc2ccccc2)C1. The predicted octanol–water partition coefficient (Wildman–Crippen LogP) is 4.46. The number of aromatic amines is 1. The Balaban J connectivity index is 1.34. The van der Waals surface area contributed by atoms with E-state index in [1.807, 2.05) is 48.5 Å². The molecule has 0 aliphatic carbocycles. The molecule has 0 fully saturated rings. The number of aromatic nitrogens is 2. The van der Waals surface area contributed by atoms with E-state index in [1.165, 1.54) is 6.07 Å². The summed E-state index contributed by atoms with van der Waals surface area (Å²) in [6.07, 6.45) is 2.34. The molecule has 1 aliphatic rings. The maximum atomic E-state index is 13.9. The lowest BCUT2D eigenvalue weighted by Gasteiger charge is -2.36. The van der Waals surface area contributed by atoms with Crippen LogP contribution in [0.4, 0.5) is 20.6 Å². The van der Waals surface area contributed by atoms with Gasteiger partial charge in [-0.1, -0.05) is 42.5 Å². The van der Waals surface area contributed by atoms with Crippen LogP contribution >= 0.6 is 0 Å². The highest BCUT2D eigenvalue weighted by atomic mass is 19.1. The van der Waals surface area contributed by atoms with Gasteiger partial charge >= 0.3 is 6.03 Å². The third-order valence-electron chi connectivity index (χ3n) is 5.58. The maximum absolute atomic E-state index is 13.9. The van der Waals surface area contributed by atoms with Crippen LogP contribution in [0.1, 0.15) is 11.1 Å². The van der Waals surface area contributed by atoms with Gasteiger partial charge < -0.3 is 15.5 Å². The van der Waals surface area contributed by atoms with Gasteiger partial charge in [0.05, 0.1) is 23.4 Å². The number of nitrogens with zero attached hydrogens (tertiary/aromatic N) is 2. The number of hydrogen-bond donors (Lipinski definition) is 3. The van der Waals surface area contributed by atoms with Gasteiger partial charge in [0.25, 0.3) is 0 Å². The van der Waals surface area contributed by atoms with Crippen molar-refractivity contribution >= 4 is 28.3 Å². The number of anilines is 2. The number of halogens is 1. The van der Waals surface area contributed by atoms with E-state index in [0.717, 1.165) is 27.7 Å². The third-order valence-corrected chi connectivity index (χ3v) is 5.58. The second kappa shape index (κ2) is 8.10. The van der Waals surface area contributed by atoms with Crippen molar-refractivity contribution in [2.24, 2.45) is 0 Å². The fraction of sp³-hybridized carbons (Fsp3) is 0.167. The number of carbonyl (C=O) groups excluding carboxylic acids is 1. The van der Waals surface area contributed by atoms with E-state index in [0.29, 0.717) is 25.2 Å². The Morgan fingerprint density at radius 3 is 2.87 bits per heavy atom. The highest BCUT2D eigenvalue weighted by molar-refractivity contribution is 6.00. The third kappa shape index (κ3) is 4.07. The quantitative estimate of drug-likeness (QED) is 0.461. The molecule has 0 radical (unpaired) electrons. The lowest BCUT2D eigenvalue weighted by molar-refractivity contribution is 0.248. The molecule has 4 aromatic rings. The first-order valence-corrected chi connectivity index (χ1v) is 10.2. The van der Waals surface area contributed by atoms with Crippen LogP contribution in [0.15, 0.2) is 72.9 Å². The van der Waals surface area contributed by atoms with Crippen molar-refractivity contribution < 1.29 is 9.18 Å². The van der Waals surface area contributed by atoms with Crippen LogP contribution < -0.4 is 15.5 Å². The lowest BCUT2D eigenvalue weighted by atomic mass is 9.97. The molecule has 3 aromatic carbocycles. The number of rotatable bonds is 4. The molecule has 2 heterocycles. The van der Waals surface area contributed by atoms with Gasteiger partial charge in [0.1, 0.15) is 5.82 Å². The number of nitrogens with one attached hydrogen (secondary N) is 3. The Bertz CT molecular complexity index is 1220. The zero-order valence-electron chi connectivity index (χ0n) is 16.8. The highest BCUT2D eigenvalue weighted by Gasteiger charge is 2.26. The number of fused-ring (bicyclic) bond motifs is 2. The molecule has 156 valence electrons. The second-order valence-corrected chi connectivity index (χ2v) is 7.78. The summed E-state index contributed by atoms with van der Waals surface area (Å²) in [7, 11) is 0. The minimum absolute atomic E-state index is 0.106. The molecule has 0 saturated carbocycles. The molecule has 0 saturated heterocycles. The van der Waals surface area contributed by atoms with Crippen molar-refractivity contribution in [1.82, 2.24) is 15.5 Å². The lowest BCUT2D eigenvalue weighted by Crippen LogP contribution is -2.49. The summed E-state index contributed by atoms with van der Waals surface area (Å²) in [6, 6.07) is 20.2. The zero-order chi connectivity index (χ0) is 21.2. The normalized spacial score (nSPS) is 15.5. The Kier molecular flexibility index (Phi) is 5.00. The Morgan fingerprint density at radius 2 is 2.00 bits per heavy atom. The number of urea groups is 1. The fourth-order valence-corrected chi connectivity index (χ4v) is 4.17. The van der Waals surface area contributed by atoms with Crippen LogP contribution in [-0.2, 0) is 13.0 Å². The number of amides is 2. The van der Waals surface area contributed by atoms with Crippen molar-refractivity contribution in [3.05, 3.63) is 89.9 Å². The minimum Gasteiger partial charge on any atom is -0.365 e. The maximum Gasteiger partial charge on any atom is 0.319 e. The molecule has 31 heavy (non-hydrogen) atoms. The molecule has 0 spiro atoms. The summed E-state index contributed by atoms with van der Waals surface area (Å²) in [6.45, 7) is 1.24. The molecule has 5 rings (SSSR count). The van der Waals surface area contributed by atoms with E-state index < -0.39 is 0 Å². The largest absolute Gasteiger partial charge is 0.365 e. The molecule has 2 amide bonds. The molecule has 6 nitrogen and oxygen atoms in total.